The Hall–Kier alpha value is -2.40. The molecule has 2 aromatic carbocycles. The lowest BCUT2D eigenvalue weighted by Crippen LogP contribution is -2.36. The van der Waals surface area contributed by atoms with Gasteiger partial charge in [-0.2, -0.15) is 0 Å². The Kier molecular flexibility index (Phi) is 5.80. The minimum absolute atomic E-state index is 0.146. The minimum Gasteiger partial charge on any atom is -0.268 e. The van der Waals surface area contributed by atoms with Gasteiger partial charge in [0.1, 0.15) is 0 Å². The van der Waals surface area contributed by atoms with E-state index in [1.165, 1.54) is 0 Å². The fraction of sp³-hybridized carbons (Fsp3) is 0.318. The third-order valence-corrected chi connectivity index (χ3v) is 6.61. The maximum absolute atomic E-state index is 13.4. The van der Waals surface area contributed by atoms with Crippen molar-refractivity contribution in [3.05, 3.63) is 77.4 Å². The molecule has 1 unspecified atom stereocenters. The molecule has 0 saturated heterocycles. The number of sulfonamides is 1. The van der Waals surface area contributed by atoms with Gasteiger partial charge in [0, 0.05) is 5.57 Å². The lowest BCUT2D eigenvalue weighted by molar-refractivity contribution is -0.122. The molecule has 1 heterocycles. The number of hydrogen-bond donors (Lipinski definition) is 0. The molecular formula is C22H25NO3S. The number of carbonyl (C=O) groups excluding carboxylic acids is 1. The van der Waals surface area contributed by atoms with Gasteiger partial charge in [0.25, 0.3) is 15.9 Å². The Morgan fingerprint density at radius 3 is 1.96 bits per heavy atom. The van der Waals surface area contributed by atoms with Crippen LogP contribution in [0.15, 0.2) is 76.7 Å². The van der Waals surface area contributed by atoms with Gasteiger partial charge in [0.2, 0.25) is 0 Å². The Bertz CT molecular complexity index is 934. The zero-order chi connectivity index (χ0) is 19.4. The van der Waals surface area contributed by atoms with E-state index in [0.29, 0.717) is 18.4 Å². The quantitative estimate of drug-likeness (QED) is 0.686. The van der Waals surface area contributed by atoms with Gasteiger partial charge in [-0.3, -0.25) is 4.79 Å². The molecule has 1 atom stereocenters. The molecule has 0 saturated carbocycles. The molecular weight excluding hydrogens is 358 g/mol. The second kappa shape index (κ2) is 8.09. The second-order valence-electron chi connectivity index (χ2n) is 6.74. The summed E-state index contributed by atoms with van der Waals surface area (Å²) in [5.74, 6) is -0.377. The molecule has 1 aliphatic heterocycles. The van der Waals surface area contributed by atoms with Gasteiger partial charge in [-0.15, -0.1) is 0 Å². The molecule has 4 nitrogen and oxygen atoms in total. The molecule has 0 spiro atoms. The van der Waals surface area contributed by atoms with Crippen LogP contribution in [0.2, 0.25) is 0 Å². The summed E-state index contributed by atoms with van der Waals surface area (Å²) in [5.41, 5.74) is 2.43. The van der Waals surface area contributed by atoms with E-state index < -0.39 is 16.1 Å². The van der Waals surface area contributed by atoms with E-state index in [1.54, 1.807) is 30.3 Å². The van der Waals surface area contributed by atoms with Gasteiger partial charge >= 0.3 is 0 Å². The van der Waals surface area contributed by atoms with Crippen molar-refractivity contribution in [2.24, 2.45) is 0 Å². The highest BCUT2D eigenvalue weighted by Gasteiger charge is 2.45. The Morgan fingerprint density at radius 2 is 1.41 bits per heavy atom. The monoisotopic (exact) mass is 383 g/mol. The molecule has 142 valence electrons. The summed E-state index contributed by atoms with van der Waals surface area (Å²) < 4.78 is 27.9. The smallest absolute Gasteiger partial charge is 0.267 e. The zero-order valence-corrected chi connectivity index (χ0v) is 16.6. The fourth-order valence-electron chi connectivity index (χ4n) is 3.69. The molecule has 1 aliphatic rings. The van der Waals surface area contributed by atoms with Gasteiger partial charge in [0.05, 0.1) is 10.9 Å². The maximum atomic E-state index is 13.4. The number of carbonyl (C=O) groups is 1. The predicted octanol–water partition coefficient (Wildman–Crippen LogP) is 4.86. The Labute approximate surface area is 161 Å². The van der Waals surface area contributed by atoms with Crippen molar-refractivity contribution in [3.8, 4) is 0 Å². The average molecular weight is 384 g/mol. The highest BCUT2D eigenvalue weighted by molar-refractivity contribution is 7.89. The van der Waals surface area contributed by atoms with Gasteiger partial charge in [-0.25, -0.2) is 12.7 Å². The summed E-state index contributed by atoms with van der Waals surface area (Å²) in [5, 5.41) is 0. The van der Waals surface area contributed by atoms with Crippen LogP contribution < -0.4 is 0 Å². The van der Waals surface area contributed by atoms with Crippen LogP contribution >= 0.6 is 0 Å². The highest BCUT2D eigenvalue weighted by Crippen LogP contribution is 2.44. The molecule has 27 heavy (non-hydrogen) atoms. The van der Waals surface area contributed by atoms with E-state index in [2.05, 4.69) is 6.92 Å². The van der Waals surface area contributed by atoms with Gasteiger partial charge in [-0.1, -0.05) is 75.2 Å². The average Bonchev–Trinajstić information content (AvgIpc) is 2.96. The molecule has 0 N–H and O–H groups in total. The second-order valence-corrected chi connectivity index (χ2v) is 8.55. The first-order chi connectivity index (χ1) is 13.0. The van der Waals surface area contributed by atoms with Crippen molar-refractivity contribution in [1.82, 2.24) is 4.31 Å². The van der Waals surface area contributed by atoms with Crippen LogP contribution in [0.1, 0.15) is 51.1 Å². The molecule has 1 amide bonds. The van der Waals surface area contributed by atoms with E-state index in [9.17, 15) is 13.2 Å². The van der Waals surface area contributed by atoms with Crippen LogP contribution in [0.5, 0.6) is 0 Å². The molecule has 3 rings (SSSR count). The van der Waals surface area contributed by atoms with Gasteiger partial charge < -0.3 is 0 Å². The molecule has 0 fully saturated rings. The van der Waals surface area contributed by atoms with Crippen LogP contribution in [0.25, 0.3) is 0 Å². The van der Waals surface area contributed by atoms with Crippen molar-refractivity contribution in [3.63, 3.8) is 0 Å². The van der Waals surface area contributed by atoms with Crippen LogP contribution in [0.3, 0.4) is 0 Å². The summed E-state index contributed by atoms with van der Waals surface area (Å²) in [7, 11) is -3.95. The number of amides is 1. The Morgan fingerprint density at radius 1 is 0.852 bits per heavy atom. The van der Waals surface area contributed by atoms with E-state index in [0.717, 1.165) is 28.3 Å². The van der Waals surface area contributed by atoms with Crippen LogP contribution in [0, 0.1) is 0 Å². The van der Waals surface area contributed by atoms with Crippen molar-refractivity contribution in [1.29, 1.82) is 0 Å². The summed E-state index contributed by atoms with van der Waals surface area (Å²) in [4.78, 5) is 13.4. The third-order valence-electron chi connectivity index (χ3n) is 4.85. The first kappa shape index (κ1) is 19.4. The molecule has 0 aromatic heterocycles. The van der Waals surface area contributed by atoms with E-state index >= 15 is 0 Å². The molecule has 5 heteroatoms. The van der Waals surface area contributed by atoms with Crippen molar-refractivity contribution in [2.45, 2.75) is 50.5 Å². The highest BCUT2D eigenvalue weighted by atomic mass is 32.2. The topological polar surface area (TPSA) is 54.5 Å². The third kappa shape index (κ3) is 3.56. The number of nitrogens with zero attached hydrogens (tertiary/aromatic N) is 1. The normalized spacial score (nSPS) is 17.6. The van der Waals surface area contributed by atoms with E-state index in [1.807, 2.05) is 37.3 Å². The van der Waals surface area contributed by atoms with Gasteiger partial charge in [0.15, 0.2) is 0 Å². The number of rotatable bonds is 7. The largest absolute Gasteiger partial charge is 0.268 e. The zero-order valence-electron chi connectivity index (χ0n) is 15.8. The Balaban J connectivity index is 2.19. The first-order valence-electron chi connectivity index (χ1n) is 9.43. The van der Waals surface area contributed by atoms with Crippen LogP contribution in [-0.2, 0) is 14.8 Å². The minimum atomic E-state index is -3.95. The molecule has 0 bridgehead atoms. The van der Waals surface area contributed by atoms with E-state index in [-0.39, 0.29) is 10.8 Å². The summed E-state index contributed by atoms with van der Waals surface area (Å²) in [6.07, 6.45) is 2.97. The first-order valence-corrected chi connectivity index (χ1v) is 10.9. The number of hydrogen-bond acceptors (Lipinski definition) is 3. The summed E-state index contributed by atoms with van der Waals surface area (Å²) in [6.45, 7) is 4.06. The van der Waals surface area contributed by atoms with Gasteiger partial charge in [-0.05, 0) is 36.1 Å². The molecule has 0 radical (unpaired) electrons. The predicted molar refractivity (Wildman–Crippen MR) is 106 cm³/mol. The standard InChI is InChI=1S/C22H25NO3S/c1-3-11-19-20(12-4-2)22(24)23(21(19)17-13-7-5-8-14-17)27(25,26)18-15-9-6-10-16-18/h5-10,13-16,21H,3-4,11-12H2,1-2H3. The van der Waals surface area contributed by atoms with Crippen LogP contribution in [-0.4, -0.2) is 18.6 Å². The van der Waals surface area contributed by atoms with Crippen LogP contribution in [0.4, 0.5) is 0 Å². The van der Waals surface area contributed by atoms with Crippen molar-refractivity contribution >= 4 is 15.9 Å². The molecule has 2 aromatic rings. The lowest BCUT2D eigenvalue weighted by Gasteiger charge is -2.27. The SMILES string of the molecule is CCCC1=C(CCC)C(c2ccccc2)N(S(=O)(=O)c2ccccc2)C1=O. The molecule has 0 aliphatic carbocycles. The van der Waals surface area contributed by atoms with Crippen molar-refractivity contribution < 1.29 is 13.2 Å². The van der Waals surface area contributed by atoms with Crippen molar-refractivity contribution in [2.75, 3.05) is 0 Å². The van der Waals surface area contributed by atoms with E-state index in [4.69, 9.17) is 0 Å². The number of benzene rings is 2. The summed E-state index contributed by atoms with van der Waals surface area (Å²) in [6, 6.07) is 17.1. The maximum Gasteiger partial charge on any atom is 0.267 e. The fourth-order valence-corrected chi connectivity index (χ4v) is 5.28. The summed E-state index contributed by atoms with van der Waals surface area (Å²) >= 11 is 0. The lowest BCUT2D eigenvalue weighted by atomic mass is 9.93.